The third-order valence-corrected chi connectivity index (χ3v) is 3.70. The van der Waals surface area contributed by atoms with Gasteiger partial charge in [0, 0.05) is 17.0 Å². The fraction of sp³-hybridized carbons (Fsp3) is 0.412. The molecule has 0 amide bonds. The second kappa shape index (κ2) is 6.73. The maximum absolute atomic E-state index is 9.74. The quantitative estimate of drug-likeness (QED) is 0.848. The van der Waals surface area contributed by atoms with Crippen LogP contribution >= 0.6 is 0 Å². The molecule has 0 fully saturated rings. The minimum atomic E-state index is -0.424. The first kappa shape index (κ1) is 14.8. The molecule has 2 rings (SSSR count). The minimum Gasteiger partial charge on any atom is -0.490 e. The molecule has 2 atom stereocenters. The van der Waals surface area contributed by atoms with Crippen molar-refractivity contribution in [2.24, 2.45) is 0 Å². The van der Waals surface area contributed by atoms with E-state index in [1.54, 1.807) is 0 Å². The summed E-state index contributed by atoms with van der Waals surface area (Å²) < 4.78 is 5.94. The molecule has 108 valence electrons. The highest BCUT2D eigenvalue weighted by molar-refractivity contribution is 5.89. The number of rotatable bonds is 6. The van der Waals surface area contributed by atoms with E-state index in [-0.39, 0.29) is 6.04 Å². The lowest BCUT2D eigenvalue weighted by molar-refractivity contribution is 0.104. The van der Waals surface area contributed by atoms with Crippen molar-refractivity contribution in [3.05, 3.63) is 42.0 Å². The average molecular weight is 273 g/mol. The van der Waals surface area contributed by atoms with Gasteiger partial charge >= 0.3 is 0 Å². The molecule has 3 heteroatoms. The lowest BCUT2D eigenvalue weighted by Crippen LogP contribution is -2.19. The highest BCUT2D eigenvalue weighted by atomic mass is 16.5. The monoisotopic (exact) mass is 273 g/mol. The summed E-state index contributed by atoms with van der Waals surface area (Å²) in [4.78, 5) is 0. The van der Waals surface area contributed by atoms with Gasteiger partial charge in [-0.25, -0.2) is 0 Å². The average Bonchev–Trinajstić information content (AvgIpc) is 2.51. The number of aliphatic hydroxyl groups excluding tert-OH is 1. The van der Waals surface area contributed by atoms with Crippen molar-refractivity contribution in [3.8, 4) is 5.75 Å². The second-order valence-corrected chi connectivity index (χ2v) is 5.09. The van der Waals surface area contributed by atoms with E-state index < -0.39 is 6.10 Å². The van der Waals surface area contributed by atoms with Crippen LogP contribution in [0.4, 0.5) is 0 Å². The smallest absolute Gasteiger partial charge is 0.132 e. The van der Waals surface area contributed by atoms with Crippen LogP contribution in [0.5, 0.6) is 5.75 Å². The van der Waals surface area contributed by atoms with E-state index in [0.717, 1.165) is 22.1 Å². The van der Waals surface area contributed by atoms with Gasteiger partial charge < -0.3 is 15.2 Å². The molecule has 2 unspecified atom stereocenters. The molecule has 0 radical (unpaired) electrons. The molecular formula is C17H23NO2. The van der Waals surface area contributed by atoms with Crippen molar-refractivity contribution >= 4 is 10.8 Å². The van der Waals surface area contributed by atoms with Crippen LogP contribution in [-0.4, -0.2) is 24.9 Å². The van der Waals surface area contributed by atoms with Crippen molar-refractivity contribution in [3.63, 3.8) is 0 Å². The zero-order valence-corrected chi connectivity index (χ0v) is 12.4. The SMILES string of the molecule is CCC(O)COc1c(C(C)NC)ccc2ccccc12. The summed E-state index contributed by atoms with van der Waals surface area (Å²) in [7, 11) is 1.94. The molecular weight excluding hydrogens is 250 g/mol. The molecule has 0 bridgehead atoms. The van der Waals surface area contributed by atoms with Crippen molar-refractivity contribution in [1.82, 2.24) is 5.32 Å². The number of fused-ring (bicyclic) bond motifs is 1. The van der Waals surface area contributed by atoms with Gasteiger partial charge in [0.15, 0.2) is 0 Å². The van der Waals surface area contributed by atoms with Gasteiger partial charge in [0.25, 0.3) is 0 Å². The van der Waals surface area contributed by atoms with Crippen molar-refractivity contribution < 1.29 is 9.84 Å². The Kier molecular flexibility index (Phi) is 4.99. The molecule has 0 saturated heterocycles. The Bertz CT molecular complexity index is 568. The maximum atomic E-state index is 9.74. The van der Waals surface area contributed by atoms with E-state index in [1.165, 1.54) is 0 Å². The zero-order chi connectivity index (χ0) is 14.5. The summed E-state index contributed by atoms with van der Waals surface area (Å²) in [6, 6.07) is 12.6. The van der Waals surface area contributed by atoms with Crippen LogP contribution in [0.1, 0.15) is 31.9 Å². The number of aliphatic hydroxyl groups is 1. The highest BCUT2D eigenvalue weighted by Crippen LogP contribution is 2.33. The summed E-state index contributed by atoms with van der Waals surface area (Å²) in [6.45, 7) is 4.38. The van der Waals surface area contributed by atoms with E-state index in [9.17, 15) is 5.11 Å². The van der Waals surface area contributed by atoms with Crippen LogP contribution in [0.25, 0.3) is 10.8 Å². The van der Waals surface area contributed by atoms with Gasteiger partial charge in [-0.1, -0.05) is 43.3 Å². The molecule has 20 heavy (non-hydrogen) atoms. The lowest BCUT2D eigenvalue weighted by atomic mass is 10.0. The van der Waals surface area contributed by atoms with Gasteiger partial charge in [0.05, 0.1) is 6.10 Å². The van der Waals surface area contributed by atoms with Gasteiger partial charge in [0.1, 0.15) is 12.4 Å². The van der Waals surface area contributed by atoms with Crippen LogP contribution in [0.2, 0.25) is 0 Å². The fourth-order valence-electron chi connectivity index (χ4n) is 2.21. The summed E-state index contributed by atoms with van der Waals surface area (Å²) in [6.07, 6.45) is 0.272. The van der Waals surface area contributed by atoms with Gasteiger partial charge in [-0.05, 0) is 25.8 Å². The first-order valence-corrected chi connectivity index (χ1v) is 7.17. The molecule has 0 aliphatic rings. The zero-order valence-electron chi connectivity index (χ0n) is 12.4. The number of hydrogen-bond acceptors (Lipinski definition) is 3. The van der Waals surface area contributed by atoms with Gasteiger partial charge in [-0.2, -0.15) is 0 Å². The topological polar surface area (TPSA) is 41.5 Å². The molecule has 0 saturated carbocycles. The lowest BCUT2D eigenvalue weighted by Gasteiger charge is -2.20. The third kappa shape index (κ3) is 3.11. The predicted molar refractivity (Wildman–Crippen MR) is 83.2 cm³/mol. The molecule has 3 nitrogen and oxygen atoms in total. The Morgan fingerprint density at radius 2 is 1.95 bits per heavy atom. The third-order valence-electron chi connectivity index (χ3n) is 3.70. The Morgan fingerprint density at radius 1 is 1.20 bits per heavy atom. The Balaban J connectivity index is 2.44. The number of ether oxygens (including phenoxy) is 1. The summed E-state index contributed by atoms with van der Waals surface area (Å²) in [5.74, 6) is 0.873. The first-order valence-electron chi connectivity index (χ1n) is 7.17. The van der Waals surface area contributed by atoms with Crippen molar-refractivity contribution in [2.75, 3.05) is 13.7 Å². The van der Waals surface area contributed by atoms with Gasteiger partial charge in [-0.3, -0.25) is 0 Å². The standard InChI is InChI=1S/C17H23NO2/c1-4-14(19)11-20-17-15(12(2)18-3)10-9-13-7-5-6-8-16(13)17/h5-10,12,14,18-19H,4,11H2,1-3H3. The highest BCUT2D eigenvalue weighted by Gasteiger charge is 2.14. The van der Waals surface area contributed by atoms with Crippen LogP contribution in [0, 0.1) is 0 Å². The van der Waals surface area contributed by atoms with Crippen LogP contribution in [-0.2, 0) is 0 Å². The van der Waals surface area contributed by atoms with Crippen molar-refractivity contribution in [1.29, 1.82) is 0 Å². The van der Waals surface area contributed by atoms with E-state index in [0.29, 0.717) is 13.0 Å². The molecule has 2 aromatic carbocycles. The van der Waals surface area contributed by atoms with E-state index in [4.69, 9.17) is 4.74 Å². The number of benzene rings is 2. The van der Waals surface area contributed by atoms with Gasteiger partial charge in [0.2, 0.25) is 0 Å². The molecule has 0 aliphatic carbocycles. The molecule has 0 aromatic heterocycles. The number of nitrogens with one attached hydrogen (secondary N) is 1. The first-order chi connectivity index (χ1) is 9.67. The normalized spacial score (nSPS) is 14.2. The maximum Gasteiger partial charge on any atom is 0.132 e. The Hall–Kier alpha value is -1.58. The molecule has 0 spiro atoms. The summed E-state index contributed by atoms with van der Waals surface area (Å²) in [5, 5.41) is 15.2. The van der Waals surface area contributed by atoms with Crippen LogP contribution < -0.4 is 10.1 Å². The van der Waals surface area contributed by atoms with Crippen LogP contribution in [0.15, 0.2) is 36.4 Å². The largest absolute Gasteiger partial charge is 0.490 e. The van der Waals surface area contributed by atoms with E-state index in [1.807, 2.05) is 26.1 Å². The molecule has 0 heterocycles. The molecule has 2 aromatic rings. The fourth-order valence-corrected chi connectivity index (χ4v) is 2.21. The Morgan fingerprint density at radius 3 is 2.65 bits per heavy atom. The predicted octanol–water partition coefficient (Wildman–Crippen LogP) is 3.27. The summed E-state index contributed by atoms with van der Waals surface area (Å²) in [5.41, 5.74) is 1.12. The minimum absolute atomic E-state index is 0.202. The second-order valence-electron chi connectivity index (χ2n) is 5.09. The Labute approximate surface area is 120 Å². The van der Waals surface area contributed by atoms with Crippen molar-refractivity contribution in [2.45, 2.75) is 32.4 Å². The molecule has 0 aliphatic heterocycles. The van der Waals surface area contributed by atoms with Gasteiger partial charge in [-0.15, -0.1) is 0 Å². The molecule has 2 N–H and O–H groups in total. The van der Waals surface area contributed by atoms with Crippen LogP contribution in [0.3, 0.4) is 0 Å². The van der Waals surface area contributed by atoms with E-state index >= 15 is 0 Å². The number of hydrogen-bond donors (Lipinski definition) is 2. The summed E-state index contributed by atoms with van der Waals surface area (Å²) >= 11 is 0. The van der Waals surface area contributed by atoms with E-state index in [2.05, 4.69) is 36.5 Å².